The summed E-state index contributed by atoms with van der Waals surface area (Å²) in [5, 5.41) is 0.130. The molecule has 1 aromatic heterocycles. The van der Waals surface area contributed by atoms with Crippen LogP contribution in [0.25, 0.3) is 11.0 Å². The lowest BCUT2D eigenvalue weighted by atomic mass is 10.0. The Balaban J connectivity index is 2.86. The van der Waals surface area contributed by atoms with Gasteiger partial charge in [-0.1, -0.05) is 0 Å². The molecule has 0 bridgehead atoms. The number of fused-ring (bicyclic) bond motifs is 1. The van der Waals surface area contributed by atoms with E-state index < -0.39 is 11.7 Å². The number of hydrogen-bond acceptors (Lipinski definition) is 1. The molecule has 0 atom stereocenters. The molecule has 4 heteroatoms. The van der Waals surface area contributed by atoms with Crippen molar-refractivity contribution in [2.24, 2.45) is 0 Å². The first-order valence-corrected chi connectivity index (χ1v) is 4.46. The van der Waals surface area contributed by atoms with E-state index in [-0.39, 0.29) is 5.39 Å². The minimum Gasteiger partial charge on any atom is -0.464 e. The fourth-order valence-corrected chi connectivity index (χ4v) is 1.63. The maximum atomic E-state index is 12.7. The van der Waals surface area contributed by atoms with Crippen molar-refractivity contribution in [3.63, 3.8) is 0 Å². The van der Waals surface area contributed by atoms with Gasteiger partial charge in [-0.2, -0.15) is 13.2 Å². The number of rotatable bonds is 0. The van der Waals surface area contributed by atoms with E-state index in [1.807, 2.05) is 0 Å². The quantitative estimate of drug-likeness (QED) is 0.644. The van der Waals surface area contributed by atoms with E-state index in [0.717, 1.165) is 11.6 Å². The van der Waals surface area contributed by atoms with Crippen molar-refractivity contribution in [3.8, 4) is 0 Å². The summed E-state index contributed by atoms with van der Waals surface area (Å²) in [5.41, 5.74) is 1.03. The maximum absolute atomic E-state index is 12.7. The Morgan fingerprint density at radius 2 is 1.87 bits per heavy atom. The highest BCUT2D eigenvalue weighted by Gasteiger charge is 2.33. The van der Waals surface area contributed by atoms with Crippen molar-refractivity contribution in [2.45, 2.75) is 20.0 Å². The Hall–Kier alpha value is -1.45. The van der Waals surface area contributed by atoms with E-state index >= 15 is 0 Å². The zero-order valence-electron chi connectivity index (χ0n) is 8.27. The van der Waals surface area contributed by atoms with Crippen LogP contribution in [0.5, 0.6) is 0 Å². The third kappa shape index (κ3) is 1.50. The third-order valence-electron chi connectivity index (χ3n) is 2.55. The SMILES string of the molecule is Cc1cc(C(F)(F)F)c2ccoc2c1C. The lowest BCUT2D eigenvalue weighted by molar-refractivity contribution is -0.136. The molecule has 0 unspecified atom stereocenters. The molecule has 0 radical (unpaired) electrons. The highest BCUT2D eigenvalue weighted by atomic mass is 19.4. The van der Waals surface area contributed by atoms with Crippen molar-refractivity contribution in [2.75, 3.05) is 0 Å². The van der Waals surface area contributed by atoms with Crippen molar-refractivity contribution in [1.82, 2.24) is 0 Å². The van der Waals surface area contributed by atoms with Gasteiger partial charge in [-0.15, -0.1) is 0 Å². The van der Waals surface area contributed by atoms with Gasteiger partial charge in [0.15, 0.2) is 0 Å². The van der Waals surface area contributed by atoms with Gasteiger partial charge in [0.2, 0.25) is 0 Å². The first-order chi connectivity index (χ1) is 6.91. The maximum Gasteiger partial charge on any atom is 0.417 e. The van der Waals surface area contributed by atoms with Gasteiger partial charge in [-0.25, -0.2) is 0 Å². The standard InChI is InChI=1S/C11H9F3O/c1-6-5-9(11(12,13)14)8-3-4-15-10(8)7(6)2/h3-5H,1-2H3. The van der Waals surface area contributed by atoms with Crippen LogP contribution in [0.3, 0.4) is 0 Å². The summed E-state index contributed by atoms with van der Waals surface area (Å²) in [4.78, 5) is 0. The second-order valence-electron chi connectivity index (χ2n) is 3.53. The largest absolute Gasteiger partial charge is 0.464 e. The van der Waals surface area contributed by atoms with E-state index in [1.165, 1.54) is 12.3 Å². The number of furan rings is 1. The first-order valence-electron chi connectivity index (χ1n) is 4.46. The summed E-state index contributed by atoms with van der Waals surface area (Å²) >= 11 is 0. The zero-order valence-corrected chi connectivity index (χ0v) is 8.27. The highest BCUT2D eigenvalue weighted by molar-refractivity contribution is 5.85. The summed E-state index contributed by atoms with van der Waals surface area (Å²) in [6, 6.07) is 2.51. The van der Waals surface area contributed by atoms with Gasteiger partial charge in [-0.3, -0.25) is 0 Å². The molecule has 0 N–H and O–H groups in total. The molecule has 2 aromatic rings. The average molecular weight is 214 g/mol. The van der Waals surface area contributed by atoms with Gasteiger partial charge >= 0.3 is 6.18 Å². The van der Waals surface area contributed by atoms with Crippen molar-refractivity contribution < 1.29 is 17.6 Å². The smallest absolute Gasteiger partial charge is 0.417 e. The summed E-state index contributed by atoms with van der Waals surface area (Å²) in [5.74, 6) is 0. The predicted octanol–water partition coefficient (Wildman–Crippen LogP) is 4.07. The predicted molar refractivity (Wildman–Crippen MR) is 50.7 cm³/mol. The van der Waals surface area contributed by atoms with Crippen LogP contribution in [0.2, 0.25) is 0 Å². The van der Waals surface area contributed by atoms with Gasteiger partial charge < -0.3 is 4.42 Å². The second kappa shape index (κ2) is 3.02. The van der Waals surface area contributed by atoms with Crippen molar-refractivity contribution in [1.29, 1.82) is 0 Å². The van der Waals surface area contributed by atoms with E-state index in [9.17, 15) is 13.2 Å². The molecule has 2 rings (SSSR count). The molecular formula is C11H9F3O. The van der Waals surface area contributed by atoms with Crippen LogP contribution in [-0.4, -0.2) is 0 Å². The minimum absolute atomic E-state index is 0.130. The Kier molecular flexibility index (Phi) is 2.03. The summed E-state index contributed by atoms with van der Waals surface area (Å²) in [7, 11) is 0. The third-order valence-corrected chi connectivity index (χ3v) is 2.55. The topological polar surface area (TPSA) is 13.1 Å². The lowest BCUT2D eigenvalue weighted by Crippen LogP contribution is -2.06. The van der Waals surface area contributed by atoms with Gasteiger partial charge in [0.05, 0.1) is 11.8 Å². The molecule has 0 aliphatic carbocycles. The lowest BCUT2D eigenvalue weighted by Gasteiger charge is -2.10. The summed E-state index contributed by atoms with van der Waals surface area (Å²) in [6.45, 7) is 3.40. The second-order valence-corrected chi connectivity index (χ2v) is 3.53. The molecule has 1 nitrogen and oxygen atoms in total. The molecule has 0 fully saturated rings. The number of benzene rings is 1. The number of aryl methyl sites for hydroxylation is 2. The van der Waals surface area contributed by atoms with Crippen LogP contribution in [0.15, 0.2) is 22.8 Å². The van der Waals surface area contributed by atoms with Crippen LogP contribution >= 0.6 is 0 Å². The first kappa shape index (κ1) is 10.1. The monoisotopic (exact) mass is 214 g/mol. The number of halogens is 3. The molecule has 80 valence electrons. The van der Waals surface area contributed by atoms with Gasteiger partial charge in [-0.05, 0) is 37.1 Å². The molecule has 0 aliphatic rings. The molecule has 0 aliphatic heterocycles. The number of hydrogen-bond donors (Lipinski definition) is 0. The van der Waals surface area contributed by atoms with Crippen LogP contribution in [0.4, 0.5) is 13.2 Å². The van der Waals surface area contributed by atoms with Crippen LogP contribution in [0.1, 0.15) is 16.7 Å². The molecule has 0 spiro atoms. The van der Waals surface area contributed by atoms with Crippen LogP contribution < -0.4 is 0 Å². The van der Waals surface area contributed by atoms with Gasteiger partial charge in [0.1, 0.15) is 5.58 Å². The molecule has 1 aromatic carbocycles. The minimum atomic E-state index is -4.33. The Labute approximate surface area is 84.5 Å². The molecule has 0 saturated heterocycles. The fourth-order valence-electron chi connectivity index (χ4n) is 1.63. The number of alkyl halides is 3. The van der Waals surface area contributed by atoms with Gasteiger partial charge in [0, 0.05) is 5.39 Å². The molecular weight excluding hydrogens is 205 g/mol. The van der Waals surface area contributed by atoms with E-state index in [2.05, 4.69) is 0 Å². The summed E-state index contributed by atoms with van der Waals surface area (Å²) in [6.07, 6.45) is -3.05. The molecule has 1 heterocycles. The van der Waals surface area contributed by atoms with Crippen molar-refractivity contribution >= 4 is 11.0 Å². The van der Waals surface area contributed by atoms with E-state index in [4.69, 9.17) is 4.42 Å². The molecule has 0 amide bonds. The molecule has 15 heavy (non-hydrogen) atoms. The zero-order chi connectivity index (χ0) is 11.2. The normalized spacial score (nSPS) is 12.3. The average Bonchev–Trinajstić information content (AvgIpc) is 2.57. The Morgan fingerprint density at radius 1 is 1.20 bits per heavy atom. The summed E-state index contributed by atoms with van der Waals surface area (Å²) < 4.78 is 43.1. The van der Waals surface area contributed by atoms with Gasteiger partial charge in [0.25, 0.3) is 0 Å². The van der Waals surface area contributed by atoms with E-state index in [0.29, 0.717) is 11.1 Å². The Bertz CT molecular complexity index is 508. The van der Waals surface area contributed by atoms with Crippen LogP contribution in [0, 0.1) is 13.8 Å². The molecule has 0 saturated carbocycles. The van der Waals surface area contributed by atoms with Crippen LogP contribution in [-0.2, 0) is 6.18 Å². The highest BCUT2D eigenvalue weighted by Crippen LogP contribution is 2.37. The fraction of sp³-hybridized carbons (Fsp3) is 0.273. The Morgan fingerprint density at radius 3 is 2.47 bits per heavy atom. The van der Waals surface area contributed by atoms with E-state index in [1.54, 1.807) is 13.8 Å². The van der Waals surface area contributed by atoms with Crippen molar-refractivity contribution in [3.05, 3.63) is 35.1 Å².